The van der Waals surface area contributed by atoms with Gasteiger partial charge >= 0.3 is 0 Å². The zero-order chi connectivity index (χ0) is 13.5. The highest BCUT2D eigenvalue weighted by atomic mass is 16.5. The van der Waals surface area contributed by atoms with Crippen molar-refractivity contribution in [2.75, 3.05) is 19.7 Å². The predicted octanol–water partition coefficient (Wildman–Crippen LogP) is 0.775. The minimum absolute atomic E-state index is 0.0703. The first-order chi connectivity index (χ1) is 9.24. The molecule has 1 fully saturated rings. The molecule has 0 aromatic carbocycles. The Morgan fingerprint density at radius 3 is 2.95 bits per heavy atom. The summed E-state index contributed by atoms with van der Waals surface area (Å²) in [7, 11) is 0. The van der Waals surface area contributed by atoms with E-state index in [1.54, 1.807) is 6.20 Å². The molecule has 2 N–H and O–H groups in total. The van der Waals surface area contributed by atoms with Gasteiger partial charge in [-0.05, 0) is 44.5 Å². The van der Waals surface area contributed by atoms with Crippen LogP contribution in [0.4, 0.5) is 0 Å². The highest BCUT2D eigenvalue weighted by molar-refractivity contribution is 5.77. The third-order valence-electron chi connectivity index (χ3n) is 3.20. The quantitative estimate of drug-likeness (QED) is 0.824. The van der Waals surface area contributed by atoms with Crippen molar-refractivity contribution in [2.45, 2.75) is 32.4 Å². The van der Waals surface area contributed by atoms with E-state index in [2.05, 4.69) is 15.6 Å². The molecule has 1 aliphatic heterocycles. The van der Waals surface area contributed by atoms with E-state index in [1.807, 2.05) is 19.1 Å². The molecule has 2 heterocycles. The first kappa shape index (κ1) is 14.0. The van der Waals surface area contributed by atoms with Crippen molar-refractivity contribution >= 4 is 5.91 Å². The lowest BCUT2D eigenvalue weighted by molar-refractivity contribution is -0.128. The van der Waals surface area contributed by atoms with Gasteiger partial charge in [-0.1, -0.05) is 6.07 Å². The summed E-state index contributed by atoms with van der Waals surface area (Å²) in [6, 6.07) is 3.91. The molecule has 1 amide bonds. The Morgan fingerprint density at radius 1 is 1.47 bits per heavy atom. The van der Waals surface area contributed by atoms with Crippen molar-refractivity contribution in [2.24, 2.45) is 0 Å². The number of nitrogens with one attached hydrogen (secondary N) is 2. The fraction of sp³-hybridized carbons (Fsp3) is 0.571. The van der Waals surface area contributed by atoms with Crippen LogP contribution in [-0.4, -0.2) is 36.7 Å². The van der Waals surface area contributed by atoms with E-state index in [0.29, 0.717) is 6.54 Å². The minimum Gasteiger partial charge on any atom is -0.368 e. The topological polar surface area (TPSA) is 63.2 Å². The number of pyridine rings is 1. The van der Waals surface area contributed by atoms with E-state index < -0.39 is 0 Å². The first-order valence-electron chi connectivity index (χ1n) is 6.74. The van der Waals surface area contributed by atoms with Crippen molar-refractivity contribution in [3.8, 4) is 0 Å². The molecule has 1 aromatic rings. The molecule has 1 saturated heterocycles. The molecule has 19 heavy (non-hydrogen) atoms. The molecule has 0 spiro atoms. The van der Waals surface area contributed by atoms with Crippen molar-refractivity contribution in [1.29, 1.82) is 0 Å². The summed E-state index contributed by atoms with van der Waals surface area (Å²) in [6.45, 7) is 4.53. The van der Waals surface area contributed by atoms with Crippen LogP contribution in [0, 0.1) is 6.92 Å². The summed E-state index contributed by atoms with van der Waals surface area (Å²) in [5.41, 5.74) is 1.98. The number of ether oxygens (including phenoxy) is 1. The largest absolute Gasteiger partial charge is 0.368 e. The summed E-state index contributed by atoms with van der Waals surface area (Å²) in [6.07, 6.45) is 3.96. The van der Waals surface area contributed by atoms with Crippen LogP contribution in [0.25, 0.3) is 0 Å². The predicted molar refractivity (Wildman–Crippen MR) is 72.7 cm³/mol. The molecule has 1 aromatic heterocycles. The zero-order valence-electron chi connectivity index (χ0n) is 11.3. The monoisotopic (exact) mass is 263 g/mol. The Labute approximate surface area is 113 Å². The average molecular weight is 263 g/mol. The summed E-state index contributed by atoms with van der Waals surface area (Å²) in [5, 5.41) is 6.10. The lowest BCUT2D eigenvalue weighted by Gasteiger charge is -2.22. The molecule has 0 radical (unpaired) electrons. The van der Waals surface area contributed by atoms with Crippen molar-refractivity contribution < 1.29 is 9.53 Å². The number of aromatic nitrogens is 1. The van der Waals surface area contributed by atoms with Gasteiger partial charge < -0.3 is 15.4 Å². The van der Waals surface area contributed by atoms with Gasteiger partial charge in [0.15, 0.2) is 0 Å². The van der Waals surface area contributed by atoms with Crippen LogP contribution >= 0.6 is 0 Å². The highest BCUT2D eigenvalue weighted by Crippen LogP contribution is 2.06. The summed E-state index contributed by atoms with van der Waals surface area (Å²) in [4.78, 5) is 15.8. The standard InChI is InChI=1S/C14H21N3O2/c1-11-2-3-12(8-16-11)9-17-14(18)10-19-13-4-6-15-7-5-13/h2-3,8,13,15H,4-7,9-10H2,1H3,(H,17,18). The van der Waals surface area contributed by atoms with Crippen LogP contribution in [0.15, 0.2) is 18.3 Å². The number of piperidine rings is 1. The third-order valence-corrected chi connectivity index (χ3v) is 3.20. The maximum Gasteiger partial charge on any atom is 0.246 e. The Balaban J connectivity index is 1.65. The van der Waals surface area contributed by atoms with Gasteiger partial charge in [-0.25, -0.2) is 0 Å². The Hall–Kier alpha value is -1.46. The third kappa shape index (κ3) is 4.96. The van der Waals surface area contributed by atoms with Crippen LogP contribution in [0.2, 0.25) is 0 Å². The smallest absolute Gasteiger partial charge is 0.246 e. The summed E-state index contributed by atoms with van der Waals surface area (Å²) < 4.78 is 5.58. The van der Waals surface area contributed by atoms with E-state index in [1.165, 1.54) is 0 Å². The molecule has 0 aliphatic carbocycles. The SMILES string of the molecule is Cc1ccc(CNC(=O)COC2CCNCC2)cn1. The molecule has 0 saturated carbocycles. The average Bonchev–Trinajstić information content (AvgIpc) is 2.45. The molecular formula is C14H21N3O2. The van der Waals surface area contributed by atoms with Gasteiger partial charge in [-0.3, -0.25) is 9.78 Å². The van der Waals surface area contributed by atoms with E-state index in [-0.39, 0.29) is 18.6 Å². The van der Waals surface area contributed by atoms with Gasteiger partial charge in [0.25, 0.3) is 0 Å². The maximum absolute atomic E-state index is 11.7. The Bertz CT molecular complexity index is 400. The molecule has 1 aliphatic rings. The lowest BCUT2D eigenvalue weighted by Crippen LogP contribution is -2.35. The van der Waals surface area contributed by atoms with Gasteiger partial charge in [0.05, 0.1) is 6.10 Å². The van der Waals surface area contributed by atoms with Crippen molar-refractivity contribution in [3.05, 3.63) is 29.6 Å². The van der Waals surface area contributed by atoms with Crippen molar-refractivity contribution in [1.82, 2.24) is 15.6 Å². The van der Waals surface area contributed by atoms with Crippen LogP contribution in [0.1, 0.15) is 24.1 Å². The van der Waals surface area contributed by atoms with Crippen molar-refractivity contribution in [3.63, 3.8) is 0 Å². The molecule has 5 heteroatoms. The van der Waals surface area contributed by atoms with Gasteiger partial charge in [0.1, 0.15) is 6.61 Å². The normalized spacial score (nSPS) is 16.3. The fourth-order valence-corrected chi connectivity index (χ4v) is 2.01. The van der Waals surface area contributed by atoms with E-state index in [0.717, 1.165) is 37.2 Å². The second-order valence-corrected chi connectivity index (χ2v) is 4.84. The number of aryl methyl sites for hydroxylation is 1. The van der Waals surface area contributed by atoms with E-state index in [9.17, 15) is 4.79 Å². The molecular weight excluding hydrogens is 242 g/mol. The zero-order valence-corrected chi connectivity index (χ0v) is 11.3. The molecule has 0 bridgehead atoms. The van der Waals surface area contributed by atoms with Gasteiger partial charge in [-0.2, -0.15) is 0 Å². The number of carbonyl (C=O) groups excluding carboxylic acids is 1. The second-order valence-electron chi connectivity index (χ2n) is 4.84. The van der Waals surface area contributed by atoms with Gasteiger partial charge in [0.2, 0.25) is 5.91 Å². The number of nitrogens with zero attached hydrogens (tertiary/aromatic N) is 1. The number of amides is 1. The maximum atomic E-state index is 11.7. The van der Waals surface area contributed by atoms with Gasteiger partial charge in [-0.15, -0.1) is 0 Å². The number of hydrogen-bond donors (Lipinski definition) is 2. The lowest BCUT2D eigenvalue weighted by atomic mass is 10.1. The van der Waals surface area contributed by atoms with Gasteiger partial charge in [0, 0.05) is 18.4 Å². The van der Waals surface area contributed by atoms with E-state index in [4.69, 9.17) is 4.74 Å². The molecule has 0 atom stereocenters. The molecule has 5 nitrogen and oxygen atoms in total. The summed E-state index contributed by atoms with van der Waals surface area (Å²) in [5.74, 6) is -0.0703. The minimum atomic E-state index is -0.0703. The highest BCUT2D eigenvalue weighted by Gasteiger charge is 2.14. The van der Waals surface area contributed by atoms with Crippen LogP contribution < -0.4 is 10.6 Å². The van der Waals surface area contributed by atoms with Crippen LogP contribution in [0.5, 0.6) is 0 Å². The second kappa shape index (κ2) is 7.21. The number of carbonyl (C=O) groups is 1. The molecule has 0 unspecified atom stereocenters. The fourth-order valence-electron chi connectivity index (χ4n) is 2.01. The van der Waals surface area contributed by atoms with Crippen LogP contribution in [0.3, 0.4) is 0 Å². The van der Waals surface area contributed by atoms with E-state index >= 15 is 0 Å². The Morgan fingerprint density at radius 2 is 2.26 bits per heavy atom. The number of rotatable bonds is 5. The first-order valence-corrected chi connectivity index (χ1v) is 6.74. The molecule has 2 rings (SSSR count). The Kier molecular flexibility index (Phi) is 5.30. The number of hydrogen-bond acceptors (Lipinski definition) is 4. The summed E-state index contributed by atoms with van der Waals surface area (Å²) >= 11 is 0. The molecule has 104 valence electrons. The van der Waals surface area contributed by atoms with Crippen LogP contribution in [-0.2, 0) is 16.1 Å².